The summed E-state index contributed by atoms with van der Waals surface area (Å²) in [4.78, 5) is 0. The summed E-state index contributed by atoms with van der Waals surface area (Å²) in [6.45, 7) is 8.25. The average Bonchev–Trinajstić information content (AvgIpc) is 2.27. The maximum atomic E-state index is 12.5. The highest BCUT2D eigenvalue weighted by molar-refractivity contribution is 7.87. The maximum Gasteiger partial charge on any atom is 0.0668 e. The van der Waals surface area contributed by atoms with Gasteiger partial charge in [-0.2, -0.15) is 5.26 Å². The van der Waals surface area contributed by atoms with Gasteiger partial charge in [-0.15, -0.1) is 0 Å². The molecule has 0 radical (unpaired) electrons. The van der Waals surface area contributed by atoms with Crippen molar-refractivity contribution in [2.75, 3.05) is 0 Å². The van der Waals surface area contributed by atoms with Crippen LogP contribution in [-0.2, 0) is 10.8 Å². The lowest BCUT2D eigenvalue weighted by atomic mass is 9.80. The summed E-state index contributed by atoms with van der Waals surface area (Å²) in [6.07, 6.45) is 5.47. The molecule has 4 atom stereocenters. The van der Waals surface area contributed by atoms with Gasteiger partial charge in [0.15, 0.2) is 0 Å². The highest BCUT2D eigenvalue weighted by Gasteiger charge is 2.38. The minimum absolute atomic E-state index is 0.00293. The van der Waals surface area contributed by atoms with Gasteiger partial charge in [-0.25, -0.2) is 0 Å². The van der Waals surface area contributed by atoms with Gasteiger partial charge in [0.05, 0.1) is 17.2 Å². The third-order valence-corrected chi connectivity index (χ3v) is 5.92. The van der Waals surface area contributed by atoms with Gasteiger partial charge in [0.1, 0.15) is 0 Å². The fourth-order valence-electron chi connectivity index (χ4n) is 2.72. The Morgan fingerprint density at radius 1 is 1.35 bits per heavy atom. The summed E-state index contributed by atoms with van der Waals surface area (Å²) in [7, 11) is -0.901. The number of rotatable bonds is 3. The summed E-state index contributed by atoms with van der Waals surface area (Å²) in [6, 6.07) is 2.38. The second-order valence-corrected chi connectivity index (χ2v) is 8.58. The standard InChI is InChI=1S/C14H25NOS/c1-5-6-11-7-8-12(10-15)13(9-11)17(16)14(2,3)4/h11-13H,5-9H2,1-4H3. The molecule has 0 heterocycles. The summed E-state index contributed by atoms with van der Waals surface area (Å²) in [5.41, 5.74) is 0. The molecule has 1 saturated carbocycles. The van der Waals surface area contributed by atoms with E-state index in [0.717, 1.165) is 19.3 Å². The van der Waals surface area contributed by atoms with E-state index in [1.807, 2.05) is 20.8 Å². The van der Waals surface area contributed by atoms with E-state index in [0.29, 0.717) is 5.92 Å². The molecule has 0 saturated heterocycles. The van der Waals surface area contributed by atoms with Gasteiger partial charge in [-0.05, 0) is 46.0 Å². The van der Waals surface area contributed by atoms with Crippen LogP contribution >= 0.6 is 0 Å². The van der Waals surface area contributed by atoms with Crippen LogP contribution in [-0.4, -0.2) is 14.2 Å². The van der Waals surface area contributed by atoms with E-state index in [9.17, 15) is 9.47 Å². The first-order chi connectivity index (χ1) is 7.90. The second kappa shape index (κ2) is 6.00. The first-order valence-electron chi connectivity index (χ1n) is 6.70. The molecule has 1 rings (SSSR count). The van der Waals surface area contributed by atoms with E-state index in [1.165, 1.54) is 12.8 Å². The Balaban J connectivity index is 2.77. The smallest absolute Gasteiger partial charge is 0.0668 e. The molecule has 0 bridgehead atoms. The zero-order valence-corrected chi connectivity index (χ0v) is 12.3. The Hall–Kier alpha value is -0.360. The third-order valence-electron chi connectivity index (χ3n) is 3.64. The van der Waals surface area contributed by atoms with Crippen molar-refractivity contribution < 1.29 is 4.21 Å². The number of hydrogen-bond donors (Lipinski definition) is 0. The van der Waals surface area contributed by atoms with Crippen LogP contribution in [0.1, 0.15) is 59.8 Å². The van der Waals surface area contributed by atoms with E-state index < -0.39 is 10.8 Å². The minimum Gasteiger partial charge on any atom is -0.259 e. The largest absolute Gasteiger partial charge is 0.259 e. The highest BCUT2D eigenvalue weighted by atomic mass is 32.2. The van der Waals surface area contributed by atoms with Crippen LogP contribution < -0.4 is 0 Å². The Morgan fingerprint density at radius 2 is 2.00 bits per heavy atom. The Kier molecular flexibility index (Phi) is 5.19. The van der Waals surface area contributed by atoms with E-state index >= 15 is 0 Å². The molecule has 1 aliphatic carbocycles. The fraction of sp³-hybridized carbons (Fsp3) is 0.929. The van der Waals surface area contributed by atoms with Crippen molar-refractivity contribution in [1.82, 2.24) is 0 Å². The van der Waals surface area contributed by atoms with Crippen molar-refractivity contribution in [2.24, 2.45) is 11.8 Å². The van der Waals surface area contributed by atoms with Crippen LogP contribution in [0.15, 0.2) is 0 Å². The number of nitriles is 1. The molecule has 98 valence electrons. The van der Waals surface area contributed by atoms with Crippen molar-refractivity contribution in [3.8, 4) is 6.07 Å². The molecular weight excluding hydrogens is 230 g/mol. The molecule has 1 fully saturated rings. The number of nitrogens with zero attached hydrogens (tertiary/aromatic N) is 1. The van der Waals surface area contributed by atoms with Crippen LogP contribution in [0.2, 0.25) is 0 Å². The first kappa shape index (κ1) is 14.7. The number of hydrogen-bond acceptors (Lipinski definition) is 2. The monoisotopic (exact) mass is 255 g/mol. The van der Waals surface area contributed by atoms with Crippen LogP contribution in [0.5, 0.6) is 0 Å². The van der Waals surface area contributed by atoms with E-state index in [4.69, 9.17) is 0 Å². The quantitative estimate of drug-likeness (QED) is 0.772. The SMILES string of the molecule is CCCC1CCC(C#N)C(S(=O)C(C)(C)C)C1. The van der Waals surface area contributed by atoms with Crippen LogP contribution in [0, 0.1) is 23.2 Å². The molecule has 0 aromatic heterocycles. The van der Waals surface area contributed by atoms with Crippen molar-refractivity contribution in [3.63, 3.8) is 0 Å². The summed E-state index contributed by atoms with van der Waals surface area (Å²) in [5, 5.41) is 9.30. The molecule has 4 unspecified atom stereocenters. The molecule has 0 aromatic rings. The first-order valence-corrected chi connectivity index (χ1v) is 7.91. The van der Waals surface area contributed by atoms with Crippen molar-refractivity contribution in [1.29, 1.82) is 5.26 Å². The Bertz CT molecular complexity index is 313. The van der Waals surface area contributed by atoms with Gasteiger partial charge < -0.3 is 0 Å². The lowest BCUT2D eigenvalue weighted by Gasteiger charge is -2.35. The normalized spacial score (nSPS) is 31.8. The van der Waals surface area contributed by atoms with Gasteiger partial charge in [0.25, 0.3) is 0 Å². The Morgan fingerprint density at radius 3 is 2.47 bits per heavy atom. The minimum atomic E-state index is -0.901. The van der Waals surface area contributed by atoms with Crippen molar-refractivity contribution >= 4 is 10.8 Å². The lowest BCUT2D eigenvalue weighted by Crippen LogP contribution is -2.39. The molecule has 2 nitrogen and oxygen atoms in total. The van der Waals surface area contributed by atoms with Crippen LogP contribution in [0.4, 0.5) is 0 Å². The maximum absolute atomic E-state index is 12.5. The predicted molar refractivity (Wildman–Crippen MR) is 73.0 cm³/mol. The third kappa shape index (κ3) is 3.81. The molecule has 0 N–H and O–H groups in total. The van der Waals surface area contributed by atoms with Crippen LogP contribution in [0.25, 0.3) is 0 Å². The summed E-state index contributed by atoms with van der Waals surface area (Å²) >= 11 is 0. The van der Waals surface area contributed by atoms with Crippen molar-refractivity contribution in [3.05, 3.63) is 0 Å². The zero-order chi connectivity index (χ0) is 13.1. The molecule has 0 spiro atoms. The van der Waals surface area contributed by atoms with E-state index in [-0.39, 0.29) is 15.9 Å². The summed E-state index contributed by atoms with van der Waals surface area (Å²) in [5.74, 6) is 0.684. The molecular formula is C14H25NOS. The highest BCUT2D eigenvalue weighted by Crippen LogP contribution is 2.37. The fourth-order valence-corrected chi connectivity index (χ4v) is 4.57. The van der Waals surface area contributed by atoms with Gasteiger partial charge in [0, 0.05) is 15.5 Å². The second-order valence-electron chi connectivity index (χ2n) is 6.15. The van der Waals surface area contributed by atoms with E-state index in [1.54, 1.807) is 0 Å². The van der Waals surface area contributed by atoms with Gasteiger partial charge in [-0.1, -0.05) is 19.8 Å². The van der Waals surface area contributed by atoms with Crippen LogP contribution in [0.3, 0.4) is 0 Å². The predicted octanol–water partition coefficient (Wildman–Crippen LogP) is 3.64. The van der Waals surface area contributed by atoms with Gasteiger partial charge in [-0.3, -0.25) is 4.21 Å². The van der Waals surface area contributed by atoms with Gasteiger partial charge in [0.2, 0.25) is 0 Å². The average molecular weight is 255 g/mol. The van der Waals surface area contributed by atoms with Crippen molar-refractivity contribution in [2.45, 2.75) is 69.8 Å². The topological polar surface area (TPSA) is 40.9 Å². The summed E-state index contributed by atoms with van der Waals surface area (Å²) < 4.78 is 12.3. The molecule has 0 amide bonds. The van der Waals surface area contributed by atoms with Gasteiger partial charge >= 0.3 is 0 Å². The van der Waals surface area contributed by atoms with E-state index in [2.05, 4.69) is 13.0 Å². The molecule has 0 aromatic carbocycles. The zero-order valence-electron chi connectivity index (χ0n) is 11.5. The molecule has 1 aliphatic rings. The molecule has 3 heteroatoms. The molecule has 17 heavy (non-hydrogen) atoms. The lowest BCUT2D eigenvalue weighted by molar-refractivity contribution is 0.302. The Labute approximate surface area is 108 Å². The molecule has 0 aliphatic heterocycles.